The number of fused-ring (bicyclic) bond motifs is 1. The molecule has 1 aromatic carbocycles. The first-order valence-corrected chi connectivity index (χ1v) is 7.02. The number of rotatable bonds is 6. The van der Waals surface area contributed by atoms with E-state index in [1.54, 1.807) is 0 Å². The normalized spacial score (nSPS) is 13.7. The SMILES string of the molecule is CCOc1cc(CCCN(C)C)cc2c1OCCN2. The molecule has 1 aliphatic heterocycles. The fourth-order valence-electron chi connectivity index (χ4n) is 2.28. The molecule has 1 heterocycles. The molecule has 0 atom stereocenters. The summed E-state index contributed by atoms with van der Waals surface area (Å²) in [4.78, 5) is 2.21. The van der Waals surface area contributed by atoms with Gasteiger partial charge in [-0.05, 0) is 58.1 Å². The molecule has 106 valence electrons. The minimum atomic E-state index is 0.664. The van der Waals surface area contributed by atoms with Gasteiger partial charge < -0.3 is 19.7 Å². The first-order chi connectivity index (χ1) is 9.20. The van der Waals surface area contributed by atoms with Crippen molar-refractivity contribution in [3.8, 4) is 11.5 Å². The maximum atomic E-state index is 5.71. The zero-order valence-electron chi connectivity index (χ0n) is 12.2. The quantitative estimate of drug-likeness (QED) is 0.855. The molecule has 0 amide bonds. The number of nitrogens with zero attached hydrogens (tertiary/aromatic N) is 1. The van der Waals surface area contributed by atoms with Crippen molar-refractivity contribution in [1.82, 2.24) is 4.90 Å². The van der Waals surface area contributed by atoms with E-state index in [1.807, 2.05) is 6.92 Å². The van der Waals surface area contributed by atoms with Gasteiger partial charge in [-0.25, -0.2) is 0 Å². The molecule has 0 saturated carbocycles. The number of hydrogen-bond acceptors (Lipinski definition) is 4. The molecule has 0 radical (unpaired) electrons. The van der Waals surface area contributed by atoms with Gasteiger partial charge in [0.2, 0.25) is 0 Å². The van der Waals surface area contributed by atoms with E-state index in [2.05, 4.69) is 36.4 Å². The summed E-state index contributed by atoms with van der Waals surface area (Å²) in [6, 6.07) is 4.30. The van der Waals surface area contributed by atoms with Crippen LogP contribution in [0.3, 0.4) is 0 Å². The van der Waals surface area contributed by atoms with Crippen LogP contribution in [0, 0.1) is 0 Å². The van der Waals surface area contributed by atoms with Crippen molar-refractivity contribution in [2.75, 3.05) is 45.7 Å². The lowest BCUT2D eigenvalue weighted by molar-refractivity contribution is 0.279. The molecule has 0 bridgehead atoms. The molecule has 1 aliphatic rings. The standard InChI is InChI=1S/C15H24N2O2/c1-4-18-14-11-12(6-5-8-17(2)3)10-13-15(14)19-9-7-16-13/h10-11,16H,4-9H2,1-3H3. The van der Waals surface area contributed by atoms with Gasteiger partial charge in [-0.2, -0.15) is 0 Å². The zero-order chi connectivity index (χ0) is 13.7. The van der Waals surface area contributed by atoms with Gasteiger partial charge >= 0.3 is 0 Å². The smallest absolute Gasteiger partial charge is 0.184 e. The summed E-state index contributed by atoms with van der Waals surface area (Å²) < 4.78 is 11.4. The molecular weight excluding hydrogens is 240 g/mol. The van der Waals surface area contributed by atoms with E-state index in [0.29, 0.717) is 13.2 Å². The Labute approximate surface area is 115 Å². The van der Waals surface area contributed by atoms with E-state index >= 15 is 0 Å². The summed E-state index contributed by atoms with van der Waals surface area (Å²) in [7, 11) is 4.21. The highest BCUT2D eigenvalue weighted by atomic mass is 16.5. The molecule has 0 aromatic heterocycles. The van der Waals surface area contributed by atoms with E-state index in [1.165, 1.54) is 5.56 Å². The lowest BCUT2D eigenvalue weighted by Crippen LogP contribution is -2.19. The molecule has 1 N–H and O–H groups in total. The van der Waals surface area contributed by atoms with Crippen LogP contribution in [-0.4, -0.2) is 45.3 Å². The van der Waals surface area contributed by atoms with Crippen LogP contribution < -0.4 is 14.8 Å². The van der Waals surface area contributed by atoms with Crippen molar-refractivity contribution in [1.29, 1.82) is 0 Å². The van der Waals surface area contributed by atoms with Gasteiger partial charge in [0, 0.05) is 6.54 Å². The second-order valence-corrected chi connectivity index (χ2v) is 5.09. The second kappa shape index (κ2) is 6.66. The van der Waals surface area contributed by atoms with Gasteiger partial charge in [0.15, 0.2) is 11.5 Å². The van der Waals surface area contributed by atoms with Gasteiger partial charge in [0.05, 0.1) is 12.3 Å². The van der Waals surface area contributed by atoms with E-state index in [0.717, 1.165) is 43.1 Å². The van der Waals surface area contributed by atoms with E-state index in [4.69, 9.17) is 9.47 Å². The van der Waals surface area contributed by atoms with Gasteiger partial charge in [-0.15, -0.1) is 0 Å². The molecule has 2 rings (SSSR count). The molecule has 0 aliphatic carbocycles. The second-order valence-electron chi connectivity index (χ2n) is 5.09. The molecule has 4 heteroatoms. The van der Waals surface area contributed by atoms with Crippen LogP contribution in [0.4, 0.5) is 5.69 Å². The number of anilines is 1. The summed E-state index contributed by atoms with van der Waals surface area (Å²) in [5.74, 6) is 1.73. The van der Waals surface area contributed by atoms with E-state index in [9.17, 15) is 0 Å². The summed E-state index contributed by atoms with van der Waals surface area (Å²) in [6.45, 7) is 5.33. The third kappa shape index (κ3) is 3.77. The zero-order valence-corrected chi connectivity index (χ0v) is 12.2. The molecular formula is C15H24N2O2. The molecule has 19 heavy (non-hydrogen) atoms. The largest absolute Gasteiger partial charge is 0.490 e. The van der Waals surface area contributed by atoms with Crippen molar-refractivity contribution in [3.63, 3.8) is 0 Å². The van der Waals surface area contributed by atoms with E-state index < -0.39 is 0 Å². The fourth-order valence-corrected chi connectivity index (χ4v) is 2.28. The molecule has 0 unspecified atom stereocenters. The van der Waals surface area contributed by atoms with Crippen molar-refractivity contribution in [3.05, 3.63) is 17.7 Å². The fraction of sp³-hybridized carbons (Fsp3) is 0.600. The topological polar surface area (TPSA) is 33.7 Å². The van der Waals surface area contributed by atoms with Crippen molar-refractivity contribution >= 4 is 5.69 Å². The maximum absolute atomic E-state index is 5.71. The Balaban J connectivity index is 2.13. The van der Waals surface area contributed by atoms with Crippen molar-refractivity contribution in [2.45, 2.75) is 19.8 Å². The Morgan fingerprint density at radius 1 is 1.37 bits per heavy atom. The van der Waals surface area contributed by atoms with Crippen LogP contribution in [0.15, 0.2) is 12.1 Å². The number of hydrogen-bond donors (Lipinski definition) is 1. The van der Waals surface area contributed by atoms with E-state index in [-0.39, 0.29) is 0 Å². The third-order valence-corrected chi connectivity index (χ3v) is 3.15. The Hall–Kier alpha value is -1.42. The van der Waals surface area contributed by atoms with Crippen LogP contribution in [0.25, 0.3) is 0 Å². The van der Waals surface area contributed by atoms with Crippen LogP contribution in [0.5, 0.6) is 11.5 Å². The maximum Gasteiger partial charge on any atom is 0.184 e. The monoisotopic (exact) mass is 264 g/mol. The Bertz CT molecular complexity index is 419. The predicted molar refractivity (Wildman–Crippen MR) is 78.5 cm³/mol. The number of ether oxygens (including phenoxy) is 2. The van der Waals surface area contributed by atoms with Crippen LogP contribution in [0.1, 0.15) is 18.9 Å². The minimum Gasteiger partial charge on any atom is -0.490 e. The molecule has 4 nitrogen and oxygen atoms in total. The van der Waals surface area contributed by atoms with Crippen LogP contribution in [0.2, 0.25) is 0 Å². The van der Waals surface area contributed by atoms with Gasteiger partial charge in [0.25, 0.3) is 0 Å². The van der Waals surface area contributed by atoms with Gasteiger partial charge in [-0.1, -0.05) is 0 Å². The highest BCUT2D eigenvalue weighted by Crippen LogP contribution is 2.38. The lowest BCUT2D eigenvalue weighted by Gasteiger charge is -2.23. The highest BCUT2D eigenvalue weighted by molar-refractivity contribution is 5.66. The van der Waals surface area contributed by atoms with Crippen LogP contribution >= 0.6 is 0 Å². The summed E-state index contributed by atoms with van der Waals surface area (Å²) in [6.07, 6.45) is 2.21. The number of benzene rings is 1. The average Bonchev–Trinajstić information content (AvgIpc) is 2.39. The predicted octanol–water partition coefficient (Wildman–Crippen LogP) is 2.38. The molecule has 1 aromatic rings. The minimum absolute atomic E-state index is 0.664. The molecule has 0 spiro atoms. The van der Waals surface area contributed by atoms with Crippen molar-refractivity contribution < 1.29 is 9.47 Å². The van der Waals surface area contributed by atoms with Crippen molar-refractivity contribution in [2.24, 2.45) is 0 Å². The molecule has 0 saturated heterocycles. The highest BCUT2D eigenvalue weighted by Gasteiger charge is 2.16. The first-order valence-electron chi connectivity index (χ1n) is 7.02. The number of nitrogens with one attached hydrogen (secondary N) is 1. The summed E-state index contributed by atoms with van der Waals surface area (Å²) in [5, 5.41) is 3.39. The molecule has 0 fully saturated rings. The van der Waals surface area contributed by atoms with Gasteiger partial charge in [0.1, 0.15) is 6.61 Å². The Morgan fingerprint density at radius 3 is 2.95 bits per heavy atom. The number of aryl methyl sites for hydroxylation is 1. The first kappa shape index (κ1) is 14.0. The van der Waals surface area contributed by atoms with Gasteiger partial charge in [-0.3, -0.25) is 0 Å². The Morgan fingerprint density at radius 2 is 2.21 bits per heavy atom. The summed E-state index contributed by atoms with van der Waals surface area (Å²) in [5.41, 5.74) is 2.37. The third-order valence-electron chi connectivity index (χ3n) is 3.15. The lowest BCUT2D eigenvalue weighted by atomic mass is 10.1. The van der Waals surface area contributed by atoms with Crippen LogP contribution in [-0.2, 0) is 6.42 Å². The average molecular weight is 264 g/mol. The Kier molecular flexibility index (Phi) is 4.91. The summed E-state index contributed by atoms with van der Waals surface area (Å²) >= 11 is 0.